The van der Waals surface area contributed by atoms with Crippen molar-refractivity contribution in [3.05, 3.63) is 12.7 Å². The van der Waals surface area contributed by atoms with E-state index in [4.69, 9.17) is 9.59 Å². The molecule has 0 spiro atoms. The summed E-state index contributed by atoms with van der Waals surface area (Å²) in [5.41, 5.74) is 0. The largest absolute Gasteiger partial charge is 0.463 e. The molecule has 2 N–H and O–H groups in total. The van der Waals surface area contributed by atoms with E-state index in [9.17, 15) is 4.79 Å². The molecule has 0 unspecified atom stereocenters. The van der Waals surface area contributed by atoms with Gasteiger partial charge in [-0.15, -0.1) is 0 Å². The summed E-state index contributed by atoms with van der Waals surface area (Å²) in [4.78, 5) is 24.8. The average Bonchev–Trinajstić information content (AvgIpc) is 2.02. The Balaban J connectivity index is 0. The second-order valence-electron chi connectivity index (χ2n) is 1.51. The molecular formula is C6H14O4Si. The number of carbonyl (C=O) groups excluding carboxylic acids is 1. The van der Waals surface area contributed by atoms with Crippen LogP contribution in [0.4, 0.5) is 0 Å². The van der Waals surface area contributed by atoms with Crippen LogP contribution < -0.4 is 0 Å². The first-order valence-corrected chi connectivity index (χ1v) is 4.50. The predicted molar refractivity (Wildman–Crippen MR) is 44.4 cm³/mol. The number of ether oxygens (including phenoxy) is 1. The molecule has 0 rings (SSSR count). The Morgan fingerprint density at radius 2 is 2.18 bits per heavy atom. The van der Waals surface area contributed by atoms with Gasteiger partial charge in [-0.05, 0) is 6.42 Å². The van der Waals surface area contributed by atoms with Crippen LogP contribution in [-0.4, -0.2) is 32.2 Å². The van der Waals surface area contributed by atoms with Gasteiger partial charge in [-0.3, -0.25) is 0 Å². The average molecular weight is 178 g/mol. The van der Waals surface area contributed by atoms with Crippen LogP contribution >= 0.6 is 0 Å². The molecule has 0 atom stereocenters. The zero-order chi connectivity index (χ0) is 9.11. The molecule has 0 saturated heterocycles. The normalized spacial score (nSPS) is 7.55. The highest BCUT2D eigenvalue weighted by atomic mass is 28.2. The predicted octanol–water partition coefficient (Wildman–Crippen LogP) is -0.905. The van der Waals surface area contributed by atoms with Gasteiger partial charge in [0.05, 0.1) is 6.61 Å². The molecule has 0 aliphatic heterocycles. The molecule has 0 aromatic rings. The molecule has 0 aliphatic carbocycles. The van der Waals surface area contributed by atoms with Crippen molar-refractivity contribution in [3.8, 4) is 0 Å². The Morgan fingerprint density at radius 3 is 2.45 bits per heavy atom. The first-order chi connectivity index (χ1) is 5.22. The lowest BCUT2D eigenvalue weighted by Gasteiger charge is -1.94. The quantitative estimate of drug-likeness (QED) is 0.334. The monoisotopic (exact) mass is 178 g/mol. The van der Waals surface area contributed by atoms with E-state index in [1.807, 2.05) is 6.92 Å². The topological polar surface area (TPSA) is 66.8 Å². The van der Waals surface area contributed by atoms with Gasteiger partial charge < -0.3 is 14.3 Å². The maximum atomic E-state index is 10.2. The molecule has 0 radical (unpaired) electrons. The highest BCUT2D eigenvalue weighted by molar-refractivity contribution is 6.13. The van der Waals surface area contributed by atoms with Crippen LogP contribution in [0.25, 0.3) is 0 Å². The van der Waals surface area contributed by atoms with Crippen molar-refractivity contribution in [1.82, 2.24) is 0 Å². The van der Waals surface area contributed by atoms with Crippen molar-refractivity contribution in [1.29, 1.82) is 0 Å². The molecular weight excluding hydrogens is 164 g/mol. The van der Waals surface area contributed by atoms with Gasteiger partial charge in [-0.1, -0.05) is 13.5 Å². The van der Waals surface area contributed by atoms with E-state index in [2.05, 4.69) is 11.3 Å². The Bertz CT molecular complexity index is 105. The van der Waals surface area contributed by atoms with Crippen molar-refractivity contribution in [3.63, 3.8) is 0 Å². The maximum Gasteiger partial charge on any atom is 0.330 e. The number of hydrogen-bond acceptors (Lipinski definition) is 4. The summed E-state index contributed by atoms with van der Waals surface area (Å²) in [6, 6.07) is 0. The fourth-order valence-electron chi connectivity index (χ4n) is 0.262. The third kappa shape index (κ3) is 17.6. The number of esters is 1. The summed E-state index contributed by atoms with van der Waals surface area (Å²) >= 11 is 0. The molecule has 0 saturated carbocycles. The van der Waals surface area contributed by atoms with Crippen LogP contribution in [0, 0.1) is 0 Å². The summed E-state index contributed by atoms with van der Waals surface area (Å²) in [7, 11) is -1.58. The molecule has 0 fully saturated rings. The molecule has 0 heterocycles. The van der Waals surface area contributed by atoms with Crippen molar-refractivity contribution in [2.75, 3.05) is 6.61 Å². The highest BCUT2D eigenvalue weighted by Gasteiger charge is 1.89. The molecule has 11 heavy (non-hydrogen) atoms. The summed E-state index contributed by atoms with van der Waals surface area (Å²) < 4.78 is 4.58. The maximum absolute atomic E-state index is 10.2. The van der Waals surface area contributed by atoms with E-state index in [0.29, 0.717) is 6.61 Å². The first kappa shape index (κ1) is 13.0. The van der Waals surface area contributed by atoms with Gasteiger partial charge in [0.1, 0.15) is 0 Å². The van der Waals surface area contributed by atoms with Gasteiger partial charge in [0, 0.05) is 6.08 Å². The third-order valence-corrected chi connectivity index (χ3v) is 0.615. The summed E-state index contributed by atoms with van der Waals surface area (Å²) in [5, 5.41) is 0. The molecule has 0 aromatic carbocycles. The Hall–Kier alpha value is -0.653. The van der Waals surface area contributed by atoms with E-state index < -0.39 is 10.0 Å². The minimum atomic E-state index is -1.58. The lowest BCUT2D eigenvalue weighted by molar-refractivity contribution is -0.137. The lowest BCUT2D eigenvalue weighted by Crippen LogP contribution is -1.99. The summed E-state index contributed by atoms with van der Waals surface area (Å²) in [6.45, 7) is 5.67. The van der Waals surface area contributed by atoms with Crippen LogP contribution in [0.2, 0.25) is 0 Å². The first-order valence-electron chi connectivity index (χ1n) is 3.23. The zero-order valence-electron chi connectivity index (χ0n) is 6.62. The van der Waals surface area contributed by atoms with Gasteiger partial charge in [0.15, 0.2) is 0 Å². The molecule has 0 aromatic heterocycles. The SMILES string of the molecule is C=CC(=O)OCCC.O[SiH2]O. The fraction of sp³-hybridized carbons (Fsp3) is 0.500. The number of hydrogen-bond donors (Lipinski definition) is 2. The fourth-order valence-corrected chi connectivity index (χ4v) is 0.262. The van der Waals surface area contributed by atoms with Crippen molar-refractivity contribution in [2.24, 2.45) is 0 Å². The number of carbonyl (C=O) groups is 1. The van der Waals surface area contributed by atoms with E-state index >= 15 is 0 Å². The van der Waals surface area contributed by atoms with Crippen molar-refractivity contribution in [2.45, 2.75) is 13.3 Å². The highest BCUT2D eigenvalue weighted by Crippen LogP contribution is 1.81. The Morgan fingerprint density at radius 1 is 1.73 bits per heavy atom. The molecule has 5 heteroatoms. The lowest BCUT2D eigenvalue weighted by atomic mass is 10.5. The minimum Gasteiger partial charge on any atom is -0.463 e. The molecule has 0 amide bonds. The van der Waals surface area contributed by atoms with Crippen molar-refractivity contribution >= 4 is 16.0 Å². The zero-order valence-corrected chi connectivity index (χ0v) is 8.03. The second kappa shape index (κ2) is 12.1. The van der Waals surface area contributed by atoms with Crippen LogP contribution in [0.1, 0.15) is 13.3 Å². The van der Waals surface area contributed by atoms with Gasteiger partial charge in [-0.2, -0.15) is 0 Å². The number of rotatable bonds is 3. The minimum absolute atomic E-state index is 0.341. The third-order valence-electron chi connectivity index (χ3n) is 0.615. The Kier molecular flexibility index (Phi) is 14.2. The summed E-state index contributed by atoms with van der Waals surface area (Å²) in [6.07, 6.45) is 2.02. The van der Waals surface area contributed by atoms with Gasteiger partial charge in [-0.25, -0.2) is 4.79 Å². The van der Waals surface area contributed by atoms with Crippen LogP contribution in [0.3, 0.4) is 0 Å². The van der Waals surface area contributed by atoms with Crippen LogP contribution in [-0.2, 0) is 9.53 Å². The van der Waals surface area contributed by atoms with E-state index in [1.54, 1.807) is 0 Å². The van der Waals surface area contributed by atoms with Gasteiger partial charge in [0.2, 0.25) is 0 Å². The van der Waals surface area contributed by atoms with E-state index in [-0.39, 0.29) is 5.97 Å². The van der Waals surface area contributed by atoms with E-state index in [0.717, 1.165) is 12.5 Å². The van der Waals surface area contributed by atoms with Gasteiger partial charge in [0.25, 0.3) is 10.0 Å². The molecule has 0 bridgehead atoms. The van der Waals surface area contributed by atoms with Crippen LogP contribution in [0.5, 0.6) is 0 Å². The van der Waals surface area contributed by atoms with Crippen molar-refractivity contribution < 1.29 is 19.1 Å². The summed E-state index contributed by atoms with van der Waals surface area (Å²) in [5.74, 6) is -0.341. The molecule has 4 nitrogen and oxygen atoms in total. The standard InChI is InChI=1S/C6H10O2.H4O2Si/c1-3-5-8-6(7)4-2;1-3-2/h4H,2-3,5H2,1H3;1-2H,3H2. The second-order valence-corrected chi connectivity index (χ2v) is 1.80. The Labute approximate surface area is 68.6 Å². The smallest absolute Gasteiger partial charge is 0.330 e. The molecule has 66 valence electrons. The van der Waals surface area contributed by atoms with Gasteiger partial charge >= 0.3 is 5.97 Å². The molecule has 0 aliphatic rings. The van der Waals surface area contributed by atoms with Crippen LogP contribution in [0.15, 0.2) is 12.7 Å². The van der Waals surface area contributed by atoms with E-state index in [1.165, 1.54) is 0 Å².